The highest BCUT2D eigenvalue weighted by Gasteiger charge is 2.14. The molecule has 1 heterocycles. The van der Waals surface area contributed by atoms with E-state index in [2.05, 4.69) is 14.1 Å². The van der Waals surface area contributed by atoms with Crippen molar-refractivity contribution >= 4 is 46.1 Å². The smallest absolute Gasteiger partial charge is 0.321 e. The van der Waals surface area contributed by atoms with Gasteiger partial charge in [-0.15, -0.1) is 0 Å². The molecule has 0 saturated carbocycles. The topological polar surface area (TPSA) is 58.1 Å². The number of anilines is 1. The number of urea groups is 1. The lowest BCUT2D eigenvalue weighted by Crippen LogP contribution is -2.31. The molecule has 5 nitrogen and oxygen atoms in total. The zero-order valence-corrected chi connectivity index (χ0v) is 11.0. The van der Waals surface area contributed by atoms with Gasteiger partial charge in [-0.05, 0) is 19.1 Å². The molecule has 0 unspecified atom stereocenters. The molecule has 0 aliphatic heterocycles. The lowest BCUT2D eigenvalue weighted by Gasteiger charge is -2.16. The Hall–Kier alpha value is -1.40. The maximum absolute atomic E-state index is 11.8. The van der Waals surface area contributed by atoms with E-state index in [1.54, 1.807) is 24.1 Å². The first-order chi connectivity index (χ1) is 8.13. The van der Waals surface area contributed by atoms with Crippen LogP contribution < -0.4 is 5.32 Å². The third-order valence-corrected chi connectivity index (χ3v) is 3.29. The fourth-order valence-corrected chi connectivity index (χ4v) is 2.03. The van der Waals surface area contributed by atoms with Crippen molar-refractivity contribution in [3.05, 3.63) is 17.2 Å². The molecule has 1 N–H and O–H groups in total. The third kappa shape index (κ3) is 2.32. The van der Waals surface area contributed by atoms with Gasteiger partial charge < -0.3 is 10.2 Å². The molecule has 0 atom stereocenters. The molecular formula is C10H11ClN4OS. The Morgan fingerprint density at radius 2 is 2.29 bits per heavy atom. The molecule has 2 amide bonds. The Balaban J connectivity index is 2.37. The van der Waals surface area contributed by atoms with Crippen molar-refractivity contribution in [1.29, 1.82) is 0 Å². The molecule has 0 aliphatic rings. The summed E-state index contributed by atoms with van der Waals surface area (Å²) in [5.41, 5.74) is 1.87. The van der Waals surface area contributed by atoms with Crippen LogP contribution in [0.15, 0.2) is 12.1 Å². The van der Waals surface area contributed by atoms with E-state index in [4.69, 9.17) is 11.6 Å². The second kappa shape index (κ2) is 4.85. The van der Waals surface area contributed by atoms with E-state index in [-0.39, 0.29) is 6.03 Å². The van der Waals surface area contributed by atoms with Crippen molar-refractivity contribution in [3.8, 4) is 0 Å². The fourth-order valence-electron chi connectivity index (χ4n) is 1.29. The summed E-state index contributed by atoms with van der Waals surface area (Å²) in [5.74, 6) is 0. The summed E-state index contributed by atoms with van der Waals surface area (Å²) < 4.78 is 8.23. The van der Waals surface area contributed by atoms with Gasteiger partial charge in [0.25, 0.3) is 0 Å². The first kappa shape index (κ1) is 12.1. The molecule has 0 saturated heterocycles. The Kier molecular flexibility index (Phi) is 3.44. The van der Waals surface area contributed by atoms with Crippen molar-refractivity contribution in [2.45, 2.75) is 6.92 Å². The predicted molar refractivity (Wildman–Crippen MR) is 69.7 cm³/mol. The van der Waals surface area contributed by atoms with Crippen LogP contribution in [0.25, 0.3) is 11.0 Å². The standard InChI is InChI=1S/C10H11ClN4OS/c1-3-15(2)10(16)12-8-6(11)4-5-7-9(8)14-17-13-7/h4-5H,3H2,1-2H3,(H,12,16). The van der Waals surface area contributed by atoms with Crippen LogP contribution in [0.3, 0.4) is 0 Å². The molecular weight excluding hydrogens is 260 g/mol. The maximum atomic E-state index is 11.8. The highest BCUT2D eigenvalue weighted by molar-refractivity contribution is 7.00. The molecule has 0 aliphatic carbocycles. The first-order valence-electron chi connectivity index (χ1n) is 5.06. The number of hydrogen-bond donors (Lipinski definition) is 1. The summed E-state index contributed by atoms with van der Waals surface area (Å²) in [5, 5.41) is 3.21. The van der Waals surface area contributed by atoms with Crippen LogP contribution in [-0.2, 0) is 0 Å². The molecule has 0 spiro atoms. The normalized spacial score (nSPS) is 10.5. The number of fused-ring (bicyclic) bond motifs is 1. The van der Waals surface area contributed by atoms with Gasteiger partial charge in [0.2, 0.25) is 0 Å². The van der Waals surface area contributed by atoms with Gasteiger partial charge in [-0.25, -0.2) is 4.79 Å². The molecule has 2 rings (SSSR count). The number of nitrogens with one attached hydrogen (secondary N) is 1. The molecule has 2 aromatic rings. The second-order valence-electron chi connectivity index (χ2n) is 3.50. The SMILES string of the molecule is CCN(C)C(=O)Nc1c(Cl)ccc2nsnc12. The van der Waals surface area contributed by atoms with Crippen molar-refractivity contribution < 1.29 is 4.79 Å². The van der Waals surface area contributed by atoms with Crippen LogP contribution >= 0.6 is 23.3 Å². The second-order valence-corrected chi connectivity index (χ2v) is 4.43. The minimum atomic E-state index is -0.213. The third-order valence-electron chi connectivity index (χ3n) is 2.43. The van der Waals surface area contributed by atoms with E-state index in [0.717, 1.165) is 17.2 Å². The van der Waals surface area contributed by atoms with Crippen molar-refractivity contribution in [2.75, 3.05) is 18.9 Å². The Morgan fingerprint density at radius 1 is 1.53 bits per heavy atom. The van der Waals surface area contributed by atoms with Crippen LogP contribution in [0.1, 0.15) is 6.92 Å². The predicted octanol–water partition coefficient (Wildman–Crippen LogP) is 2.83. The Morgan fingerprint density at radius 3 is 3.00 bits per heavy atom. The molecule has 1 aromatic carbocycles. The summed E-state index contributed by atoms with van der Waals surface area (Å²) in [6.07, 6.45) is 0. The average Bonchev–Trinajstić information content (AvgIpc) is 2.80. The summed E-state index contributed by atoms with van der Waals surface area (Å²) in [7, 11) is 1.71. The van der Waals surface area contributed by atoms with Gasteiger partial charge >= 0.3 is 6.03 Å². The monoisotopic (exact) mass is 270 g/mol. The zero-order chi connectivity index (χ0) is 12.4. The van der Waals surface area contributed by atoms with E-state index in [1.807, 2.05) is 6.92 Å². The minimum absolute atomic E-state index is 0.213. The molecule has 7 heteroatoms. The number of carbonyl (C=O) groups excluding carboxylic acids is 1. The van der Waals surface area contributed by atoms with Crippen molar-refractivity contribution in [1.82, 2.24) is 13.6 Å². The summed E-state index contributed by atoms with van der Waals surface area (Å²) >= 11 is 7.15. The van der Waals surface area contributed by atoms with Crippen LogP contribution in [0.4, 0.5) is 10.5 Å². The van der Waals surface area contributed by atoms with Gasteiger partial charge in [0.05, 0.1) is 22.4 Å². The highest BCUT2D eigenvalue weighted by Crippen LogP contribution is 2.29. The van der Waals surface area contributed by atoms with Crippen LogP contribution in [0, 0.1) is 0 Å². The lowest BCUT2D eigenvalue weighted by molar-refractivity contribution is 0.224. The number of halogens is 1. The summed E-state index contributed by atoms with van der Waals surface area (Å²) in [4.78, 5) is 13.3. The van der Waals surface area contributed by atoms with E-state index in [1.165, 1.54) is 0 Å². The van der Waals surface area contributed by atoms with Crippen molar-refractivity contribution in [3.63, 3.8) is 0 Å². The number of amides is 2. The molecule has 0 fully saturated rings. The van der Waals surface area contributed by atoms with E-state index in [9.17, 15) is 4.79 Å². The summed E-state index contributed by atoms with van der Waals surface area (Å²) in [6, 6.07) is 3.27. The minimum Gasteiger partial charge on any atom is -0.328 e. The molecule has 1 aromatic heterocycles. The molecule has 0 bridgehead atoms. The fraction of sp³-hybridized carbons (Fsp3) is 0.300. The van der Waals surface area contributed by atoms with Crippen LogP contribution in [0.2, 0.25) is 5.02 Å². The molecule has 17 heavy (non-hydrogen) atoms. The average molecular weight is 271 g/mol. The molecule has 90 valence electrons. The van der Waals surface area contributed by atoms with Crippen LogP contribution in [0.5, 0.6) is 0 Å². The number of aromatic nitrogens is 2. The number of benzene rings is 1. The summed E-state index contributed by atoms with van der Waals surface area (Å²) in [6.45, 7) is 2.51. The van der Waals surface area contributed by atoms with Crippen molar-refractivity contribution in [2.24, 2.45) is 0 Å². The largest absolute Gasteiger partial charge is 0.328 e. The van der Waals surface area contributed by atoms with Gasteiger partial charge in [-0.1, -0.05) is 11.6 Å². The first-order valence-corrected chi connectivity index (χ1v) is 6.17. The van der Waals surface area contributed by atoms with Gasteiger partial charge in [-0.3, -0.25) is 0 Å². The maximum Gasteiger partial charge on any atom is 0.321 e. The van der Waals surface area contributed by atoms with E-state index < -0.39 is 0 Å². The molecule has 0 radical (unpaired) electrons. The number of hydrogen-bond acceptors (Lipinski definition) is 4. The van der Waals surface area contributed by atoms with Gasteiger partial charge in [0, 0.05) is 13.6 Å². The van der Waals surface area contributed by atoms with E-state index >= 15 is 0 Å². The number of nitrogens with zero attached hydrogens (tertiary/aromatic N) is 3. The Labute approximate surface area is 108 Å². The zero-order valence-electron chi connectivity index (χ0n) is 9.40. The van der Waals surface area contributed by atoms with Crippen LogP contribution in [-0.4, -0.2) is 33.3 Å². The Bertz CT molecular complexity index is 556. The van der Waals surface area contributed by atoms with Gasteiger partial charge in [0.15, 0.2) is 0 Å². The van der Waals surface area contributed by atoms with Gasteiger partial charge in [0.1, 0.15) is 11.0 Å². The highest BCUT2D eigenvalue weighted by atomic mass is 35.5. The van der Waals surface area contributed by atoms with Gasteiger partial charge in [-0.2, -0.15) is 8.75 Å². The number of carbonyl (C=O) groups is 1. The quantitative estimate of drug-likeness (QED) is 0.913. The lowest BCUT2D eigenvalue weighted by atomic mass is 10.2. The van der Waals surface area contributed by atoms with E-state index in [0.29, 0.717) is 22.8 Å². The number of rotatable bonds is 2.